The maximum atomic E-state index is 8.99. The lowest BCUT2D eigenvalue weighted by Gasteiger charge is -2.29. The number of nitriles is 1. The molecule has 1 unspecified atom stereocenters. The van der Waals surface area contributed by atoms with Gasteiger partial charge in [-0.1, -0.05) is 6.42 Å². The minimum atomic E-state index is 0.333. The van der Waals surface area contributed by atoms with Crippen LogP contribution in [-0.4, -0.2) is 35.6 Å². The van der Waals surface area contributed by atoms with Crippen LogP contribution in [0.25, 0.3) is 0 Å². The second kappa shape index (κ2) is 6.36. The number of nitrogens with zero attached hydrogens (tertiary/aromatic N) is 3. The average molecular weight is 244 g/mol. The Morgan fingerprint density at radius 1 is 1.44 bits per heavy atom. The third-order valence-electron chi connectivity index (χ3n) is 3.30. The first kappa shape index (κ1) is 12.8. The van der Waals surface area contributed by atoms with Gasteiger partial charge in [0.2, 0.25) is 0 Å². The molecule has 1 saturated heterocycles. The maximum absolute atomic E-state index is 8.99. The topological polar surface area (TPSA) is 52.0 Å². The Morgan fingerprint density at radius 3 is 2.94 bits per heavy atom. The minimum absolute atomic E-state index is 0.333. The summed E-state index contributed by atoms with van der Waals surface area (Å²) in [4.78, 5) is 6.55. The van der Waals surface area contributed by atoms with Crippen LogP contribution in [0.5, 0.6) is 0 Å². The van der Waals surface area contributed by atoms with E-state index < -0.39 is 0 Å². The van der Waals surface area contributed by atoms with Crippen LogP contribution in [0.2, 0.25) is 0 Å². The number of anilines is 1. The zero-order chi connectivity index (χ0) is 12.8. The Balaban J connectivity index is 1.90. The molecule has 4 nitrogen and oxygen atoms in total. The lowest BCUT2D eigenvalue weighted by atomic mass is 10.1. The van der Waals surface area contributed by atoms with Crippen molar-refractivity contribution in [3.05, 3.63) is 24.0 Å². The average Bonchev–Trinajstić information content (AvgIpc) is 2.40. The number of rotatable bonds is 4. The van der Waals surface area contributed by atoms with Gasteiger partial charge < -0.3 is 10.2 Å². The monoisotopic (exact) mass is 244 g/mol. The van der Waals surface area contributed by atoms with E-state index in [-0.39, 0.29) is 0 Å². The van der Waals surface area contributed by atoms with Gasteiger partial charge in [0, 0.05) is 18.8 Å². The highest BCUT2D eigenvalue weighted by Crippen LogP contribution is 2.14. The van der Waals surface area contributed by atoms with Crippen molar-refractivity contribution in [3.8, 4) is 6.07 Å². The van der Waals surface area contributed by atoms with Gasteiger partial charge in [0.15, 0.2) is 5.69 Å². The molecule has 4 heteroatoms. The van der Waals surface area contributed by atoms with Crippen molar-refractivity contribution in [1.29, 1.82) is 5.26 Å². The van der Waals surface area contributed by atoms with Gasteiger partial charge >= 0.3 is 0 Å². The molecule has 1 aliphatic heterocycles. The van der Waals surface area contributed by atoms with Gasteiger partial charge in [0.05, 0.1) is 5.69 Å². The largest absolute Gasteiger partial charge is 0.379 e. The molecule has 0 amide bonds. The molecule has 1 aromatic heterocycles. The van der Waals surface area contributed by atoms with E-state index in [9.17, 15) is 0 Å². The summed E-state index contributed by atoms with van der Waals surface area (Å²) in [5, 5.41) is 12.4. The van der Waals surface area contributed by atoms with Crippen LogP contribution in [0.4, 0.5) is 5.69 Å². The lowest BCUT2D eigenvalue weighted by molar-refractivity contribution is 0.223. The van der Waals surface area contributed by atoms with Crippen molar-refractivity contribution in [1.82, 2.24) is 9.88 Å². The van der Waals surface area contributed by atoms with Gasteiger partial charge in [0.1, 0.15) is 6.07 Å². The first-order valence-corrected chi connectivity index (χ1v) is 6.63. The predicted octanol–water partition coefficient (Wildman–Crippen LogP) is 2.24. The summed E-state index contributed by atoms with van der Waals surface area (Å²) in [5.74, 6) is 0. The zero-order valence-electron chi connectivity index (χ0n) is 10.9. The van der Waals surface area contributed by atoms with Crippen LogP contribution in [0.15, 0.2) is 18.3 Å². The fraction of sp³-hybridized carbons (Fsp3) is 0.571. The molecule has 0 saturated carbocycles. The molecule has 2 heterocycles. The molecular weight excluding hydrogens is 224 g/mol. The summed E-state index contributed by atoms with van der Waals surface area (Å²) in [7, 11) is 0. The Hall–Kier alpha value is -1.60. The standard InChI is InChI=1S/C14H20N4/c1-12(11-18-8-3-2-4-9-18)17-13-6-5-7-16-14(13)10-15/h5-7,12,17H,2-4,8-9,11H2,1H3. The lowest BCUT2D eigenvalue weighted by Crippen LogP contribution is -2.38. The third kappa shape index (κ3) is 3.44. The molecule has 1 fully saturated rings. The number of aromatic nitrogens is 1. The van der Waals surface area contributed by atoms with E-state index in [0.29, 0.717) is 11.7 Å². The summed E-state index contributed by atoms with van der Waals surface area (Å²) < 4.78 is 0. The number of nitrogens with one attached hydrogen (secondary N) is 1. The predicted molar refractivity (Wildman–Crippen MR) is 72.3 cm³/mol. The van der Waals surface area contributed by atoms with Crippen LogP contribution in [0.3, 0.4) is 0 Å². The quantitative estimate of drug-likeness (QED) is 0.882. The SMILES string of the molecule is CC(CN1CCCCC1)Nc1cccnc1C#N. The third-order valence-corrected chi connectivity index (χ3v) is 3.30. The first-order valence-electron chi connectivity index (χ1n) is 6.63. The molecule has 0 aromatic carbocycles. The highest BCUT2D eigenvalue weighted by molar-refractivity contribution is 5.53. The molecule has 0 radical (unpaired) electrons. The van der Waals surface area contributed by atoms with Crippen molar-refractivity contribution in [3.63, 3.8) is 0 Å². The molecule has 1 atom stereocenters. The second-order valence-corrected chi connectivity index (χ2v) is 4.92. The van der Waals surface area contributed by atoms with E-state index in [1.54, 1.807) is 6.20 Å². The van der Waals surface area contributed by atoms with Crippen molar-refractivity contribution in [2.75, 3.05) is 25.0 Å². The van der Waals surface area contributed by atoms with Gasteiger partial charge in [0.25, 0.3) is 0 Å². The Morgan fingerprint density at radius 2 is 2.22 bits per heavy atom. The fourth-order valence-corrected chi connectivity index (χ4v) is 2.45. The van der Waals surface area contributed by atoms with E-state index in [0.717, 1.165) is 12.2 Å². The highest BCUT2D eigenvalue weighted by atomic mass is 15.2. The van der Waals surface area contributed by atoms with Crippen molar-refractivity contribution in [2.24, 2.45) is 0 Å². The fourth-order valence-electron chi connectivity index (χ4n) is 2.45. The molecule has 0 bridgehead atoms. The van der Waals surface area contributed by atoms with Crippen LogP contribution in [0.1, 0.15) is 31.9 Å². The summed E-state index contributed by atoms with van der Waals surface area (Å²) >= 11 is 0. The summed E-state index contributed by atoms with van der Waals surface area (Å²) in [6.07, 6.45) is 5.63. The normalized spacial score (nSPS) is 18.0. The number of hydrogen-bond acceptors (Lipinski definition) is 4. The van der Waals surface area contributed by atoms with E-state index in [1.165, 1.54) is 32.4 Å². The molecule has 2 rings (SSSR count). The minimum Gasteiger partial charge on any atom is -0.379 e. The molecule has 1 aliphatic rings. The Kier molecular flexibility index (Phi) is 4.54. The summed E-state index contributed by atoms with van der Waals surface area (Å²) in [5.41, 5.74) is 1.31. The number of pyridine rings is 1. The second-order valence-electron chi connectivity index (χ2n) is 4.92. The molecule has 1 aromatic rings. The van der Waals surface area contributed by atoms with E-state index >= 15 is 0 Å². The van der Waals surface area contributed by atoms with Gasteiger partial charge in [-0.05, 0) is 45.0 Å². The summed E-state index contributed by atoms with van der Waals surface area (Å²) in [6, 6.07) is 6.22. The molecular formula is C14H20N4. The number of piperidine rings is 1. The highest BCUT2D eigenvalue weighted by Gasteiger charge is 2.14. The maximum Gasteiger partial charge on any atom is 0.163 e. The van der Waals surface area contributed by atoms with Crippen LogP contribution in [-0.2, 0) is 0 Å². The van der Waals surface area contributed by atoms with E-state index in [1.807, 2.05) is 12.1 Å². The zero-order valence-corrected chi connectivity index (χ0v) is 10.9. The van der Waals surface area contributed by atoms with Crippen molar-refractivity contribution >= 4 is 5.69 Å². The molecule has 0 aliphatic carbocycles. The molecule has 0 spiro atoms. The Labute approximate surface area is 109 Å². The van der Waals surface area contributed by atoms with Crippen LogP contribution in [0, 0.1) is 11.3 Å². The van der Waals surface area contributed by atoms with E-state index in [4.69, 9.17) is 5.26 Å². The van der Waals surface area contributed by atoms with Gasteiger partial charge in [-0.15, -0.1) is 0 Å². The smallest absolute Gasteiger partial charge is 0.163 e. The van der Waals surface area contributed by atoms with Crippen molar-refractivity contribution in [2.45, 2.75) is 32.2 Å². The van der Waals surface area contributed by atoms with Gasteiger partial charge in [-0.25, -0.2) is 4.98 Å². The van der Waals surface area contributed by atoms with Crippen LogP contribution < -0.4 is 5.32 Å². The molecule has 18 heavy (non-hydrogen) atoms. The van der Waals surface area contributed by atoms with Gasteiger partial charge in [-0.3, -0.25) is 0 Å². The molecule has 96 valence electrons. The Bertz CT molecular complexity index is 418. The van der Waals surface area contributed by atoms with Crippen LogP contribution >= 0.6 is 0 Å². The first-order chi connectivity index (χ1) is 8.79. The van der Waals surface area contributed by atoms with E-state index in [2.05, 4.69) is 28.2 Å². The van der Waals surface area contributed by atoms with Gasteiger partial charge in [-0.2, -0.15) is 5.26 Å². The number of likely N-dealkylation sites (tertiary alicyclic amines) is 1. The summed E-state index contributed by atoms with van der Waals surface area (Å²) in [6.45, 7) is 5.58. The van der Waals surface area contributed by atoms with Crippen molar-refractivity contribution < 1.29 is 0 Å². The number of hydrogen-bond donors (Lipinski definition) is 1. The molecule has 1 N–H and O–H groups in total.